The van der Waals surface area contributed by atoms with Gasteiger partial charge >= 0.3 is 0 Å². The first kappa shape index (κ1) is 14.0. The second-order valence-electron chi connectivity index (χ2n) is 4.71. The summed E-state index contributed by atoms with van der Waals surface area (Å²) in [5.41, 5.74) is 11.8. The van der Waals surface area contributed by atoms with Crippen molar-refractivity contribution in [2.75, 3.05) is 23.4 Å². The molecule has 4 N–H and O–H groups in total. The summed E-state index contributed by atoms with van der Waals surface area (Å²) in [7, 11) is 1.86. The number of benzene rings is 2. The molecular formula is C17H21N3. The zero-order valence-electron chi connectivity index (χ0n) is 12.0. The largest absolute Gasteiger partial charge is 0.397 e. The van der Waals surface area contributed by atoms with Gasteiger partial charge in [0, 0.05) is 18.4 Å². The van der Waals surface area contributed by atoms with Gasteiger partial charge in [-0.15, -0.1) is 0 Å². The lowest BCUT2D eigenvalue weighted by atomic mass is 10.1. The Morgan fingerprint density at radius 3 is 2.70 bits per heavy atom. The van der Waals surface area contributed by atoms with Crippen molar-refractivity contribution in [3.63, 3.8) is 0 Å². The molecule has 0 heterocycles. The van der Waals surface area contributed by atoms with E-state index in [-0.39, 0.29) is 0 Å². The normalized spacial score (nSPS) is 10.1. The minimum Gasteiger partial charge on any atom is -0.397 e. The number of nitrogens with one attached hydrogen (secondary N) is 2. The molecule has 0 aromatic heterocycles. The maximum absolute atomic E-state index is 5.87. The highest BCUT2D eigenvalue weighted by atomic mass is 14.9. The van der Waals surface area contributed by atoms with Crippen molar-refractivity contribution in [3.05, 3.63) is 60.2 Å². The predicted molar refractivity (Wildman–Crippen MR) is 88.9 cm³/mol. The van der Waals surface area contributed by atoms with Crippen LogP contribution in [0.15, 0.2) is 49.0 Å². The lowest BCUT2D eigenvalue weighted by Crippen LogP contribution is -2.01. The highest BCUT2D eigenvalue weighted by molar-refractivity contribution is 5.79. The third kappa shape index (κ3) is 3.12. The SMILES string of the molecule is C=C(Nc1ccc(N)c(NC)c1)c1cccc(CC)c1. The molecule has 0 amide bonds. The van der Waals surface area contributed by atoms with Crippen LogP contribution in [0.2, 0.25) is 0 Å². The summed E-state index contributed by atoms with van der Waals surface area (Å²) < 4.78 is 0. The average Bonchev–Trinajstić information content (AvgIpc) is 2.49. The van der Waals surface area contributed by atoms with Gasteiger partial charge in [-0.25, -0.2) is 0 Å². The molecule has 0 saturated carbocycles. The molecule has 0 aliphatic heterocycles. The summed E-state index contributed by atoms with van der Waals surface area (Å²) in [6, 6.07) is 14.2. The third-order valence-corrected chi connectivity index (χ3v) is 3.30. The van der Waals surface area contributed by atoms with E-state index in [1.54, 1.807) is 0 Å². The van der Waals surface area contributed by atoms with E-state index in [0.717, 1.165) is 34.7 Å². The maximum Gasteiger partial charge on any atom is 0.0592 e. The molecule has 0 bridgehead atoms. The van der Waals surface area contributed by atoms with Crippen molar-refractivity contribution in [2.45, 2.75) is 13.3 Å². The van der Waals surface area contributed by atoms with Gasteiger partial charge in [0.2, 0.25) is 0 Å². The van der Waals surface area contributed by atoms with Crippen molar-refractivity contribution in [3.8, 4) is 0 Å². The number of hydrogen-bond donors (Lipinski definition) is 3. The minimum atomic E-state index is 0.733. The summed E-state index contributed by atoms with van der Waals surface area (Å²) in [4.78, 5) is 0. The fraction of sp³-hybridized carbons (Fsp3) is 0.176. The standard InChI is InChI=1S/C17H21N3/c1-4-13-6-5-7-14(10-13)12(2)20-15-8-9-16(18)17(11-15)19-3/h5-11,19-20H,2,4,18H2,1,3H3. The second kappa shape index (κ2) is 6.15. The molecule has 104 valence electrons. The molecule has 0 aliphatic carbocycles. The van der Waals surface area contributed by atoms with E-state index in [1.807, 2.05) is 25.2 Å². The van der Waals surface area contributed by atoms with Crippen LogP contribution < -0.4 is 16.4 Å². The van der Waals surface area contributed by atoms with Crippen LogP contribution in [-0.4, -0.2) is 7.05 Å². The van der Waals surface area contributed by atoms with Gasteiger partial charge in [0.25, 0.3) is 0 Å². The topological polar surface area (TPSA) is 50.1 Å². The van der Waals surface area contributed by atoms with E-state index < -0.39 is 0 Å². The van der Waals surface area contributed by atoms with E-state index >= 15 is 0 Å². The van der Waals surface area contributed by atoms with Crippen LogP contribution in [0.4, 0.5) is 17.1 Å². The van der Waals surface area contributed by atoms with E-state index in [2.05, 4.69) is 48.4 Å². The molecular weight excluding hydrogens is 246 g/mol. The first-order valence-electron chi connectivity index (χ1n) is 6.76. The Balaban J connectivity index is 2.18. The van der Waals surface area contributed by atoms with E-state index in [0.29, 0.717) is 0 Å². The molecule has 2 aromatic rings. The first-order valence-corrected chi connectivity index (χ1v) is 6.76. The summed E-state index contributed by atoms with van der Waals surface area (Å²) >= 11 is 0. The van der Waals surface area contributed by atoms with E-state index in [9.17, 15) is 0 Å². The van der Waals surface area contributed by atoms with E-state index in [4.69, 9.17) is 5.73 Å². The highest BCUT2D eigenvalue weighted by Gasteiger charge is 2.03. The van der Waals surface area contributed by atoms with Gasteiger partial charge in [-0.2, -0.15) is 0 Å². The number of anilines is 3. The molecule has 3 nitrogen and oxygen atoms in total. The zero-order valence-corrected chi connectivity index (χ0v) is 12.0. The molecule has 0 atom stereocenters. The van der Waals surface area contributed by atoms with Crippen LogP contribution in [0.5, 0.6) is 0 Å². The van der Waals surface area contributed by atoms with Gasteiger partial charge in [0.05, 0.1) is 11.4 Å². The fourth-order valence-corrected chi connectivity index (χ4v) is 2.08. The number of hydrogen-bond acceptors (Lipinski definition) is 3. The quantitative estimate of drug-likeness (QED) is 0.719. The maximum atomic E-state index is 5.87. The summed E-state index contributed by atoms with van der Waals surface area (Å²) in [6.07, 6.45) is 1.02. The van der Waals surface area contributed by atoms with Gasteiger partial charge in [-0.1, -0.05) is 31.7 Å². The number of nitrogen functional groups attached to an aromatic ring is 1. The zero-order chi connectivity index (χ0) is 14.5. The Morgan fingerprint density at radius 2 is 2.00 bits per heavy atom. The van der Waals surface area contributed by atoms with Crippen molar-refractivity contribution in [1.29, 1.82) is 0 Å². The van der Waals surface area contributed by atoms with Gasteiger partial charge in [-0.05, 0) is 41.8 Å². The monoisotopic (exact) mass is 267 g/mol. The summed E-state index contributed by atoms with van der Waals surface area (Å²) in [6.45, 7) is 6.26. The van der Waals surface area contributed by atoms with Crippen molar-refractivity contribution >= 4 is 22.8 Å². The number of nitrogens with two attached hydrogens (primary N) is 1. The van der Waals surface area contributed by atoms with Crippen LogP contribution >= 0.6 is 0 Å². The van der Waals surface area contributed by atoms with Crippen LogP contribution in [0.1, 0.15) is 18.1 Å². The van der Waals surface area contributed by atoms with Gasteiger partial charge in [0.15, 0.2) is 0 Å². The average molecular weight is 267 g/mol. The van der Waals surface area contributed by atoms with Crippen LogP contribution in [0.25, 0.3) is 5.70 Å². The smallest absolute Gasteiger partial charge is 0.0592 e. The molecule has 20 heavy (non-hydrogen) atoms. The Bertz CT molecular complexity index is 617. The molecule has 0 saturated heterocycles. The molecule has 2 rings (SSSR count). The van der Waals surface area contributed by atoms with Crippen LogP contribution in [0, 0.1) is 0 Å². The minimum absolute atomic E-state index is 0.733. The van der Waals surface area contributed by atoms with Crippen LogP contribution in [0.3, 0.4) is 0 Å². The number of rotatable bonds is 5. The molecule has 0 radical (unpaired) electrons. The van der Waals surface area contributed by atoms with Crippen molar-refractivity contribution in [1.82, 2.24) is 0 Å². The second-order valence-corrected chi connectivity index (χ2v) is 4.71. The molecule has 0 unspecified atom stereocenters. The molecule has 0 fully saturated rings. The fourth-order valence-electron chi connectivity index (χ4n) is 2.08. The lowest BCUT2D eigenvalue weighted by Gasteiger charge is -2.13. The Labute approximate surface area is 120 Å². The van der Waals surface area contributed by atoms with Gasteiger partial charge < -0.3 is 16.4 Å². The molecule has 0 spiro atoms. The molecule has 0 aliphatic rings. The molecule has 2 aromatic carbocycles. The van der Waals surface area contributed by atoms with E-state index in [1.165, 1.54) is 5.56 Å². The molecule has 3 heteroatoms. The third-order valence-electron chi connectivity index (χ3n) is 3.30. The lowest BCUT2D eigenvalue weighted by molar-refractivity contribution is 1.14. The predicted octanol–water partition coefficient (Wildman–Crippen LogP) is 3.96. The Kier molecular flexibility index (Phi) is 4.31. The summed E-state index contributed by atoms with van der Waals surface area (Å²) in [5.74, 6) is 0. The highest BCUT2D eigenvalue weighted by Crippen LogP contribution is 2.25. The van der Waals surface area contributed by atoms with Gasteiger partial charge in [-0.3, -0.25) is 0 Å². The first-order chi connectivity index (χ1) is 9.63. The van der Waals surface area contributed by atoms with Crippen molar-refractivity contribution < 1.29 is 0 Å². The number of aryl methyl sites for hydroxylation is 1. The summed E-state index contributed by atoms with van der Waals surface area (Å²) in [5, 5.41) is 6.39. The van der Waals surface area contributed by atoms with Gasteiger partial charge in [0.1, 0.15) is 0 Å². The van der Waals surface area contributed by atoms with Crippen LogP contribution in [-0.2, 0) is 6.42 Å². The Hall–Kier alpha value is -2.42. The Morgan fingerprint density at radius 1 is 1.20 bits per heavy atom. The van der Waals surface area contributed by atoms with Crippen molar-refractivity contribution in [2.24, 2.45) is 0 Å².